The lowest BCUT2D eigenvalue weighted by molar-refractivity contribution is -0.141. The summed E-state index contributed by atoms with van der Waals surface area (Å²) in [6.45, 7) is 3.78. The Morgan fingerprint density at radius 3 is 2.20 bits per heavy atom. The topological polar surface area (TPSA) is 315 Å². The zero-order valence-corrected chi connectivity index (χ0v) is 55.9. The van der Waals surface area contributed by atoms with E-state index in [9.17, 15) is 48.9 Å². The van der Waals surface area contributed by atoms with Gasteiger partial charge in [0.2, 0.25) is 23.7 Å². The fourth-order valence-corrected chi connectivity index (χ4v) is 14.2. The molecule has 0 bridgehead atoms. The summed E-state index contributed by atoms with van der Waals surface area (Å²) in [6, 6.07) is 34.5. The number of urea groups is 1. The van der Waals surface area contributed by atoms with Crippen LogP contribution in [0.1, 0.15) is 92.2 Å². The smallest absolute Gasteiger partial charge is 0.407 e. The molecule has 1 saturated carbocycles. The number of carboxylic acid groups (broad SMARTS) is 1. The van der Waals surface area contributed by atoms with Gasteiger partial charge in [-0.1, -0.05) is 96.8 Å². The number of aromatic amines is 1. The molecule has 2 aliphatic carbocycles. The third kappa shape index (κ3) is 14.1. The van der Waals surface area contributed by atoms with Gasteiger partial charge in [0.25, 0.3) is 5.56 Å². The highest BCUT2D eigenvalue weighted by atomic mass is 16.5. The standard InChI is InChI=1S/C75H80N12O13/c1-74(29-36-84(37-30-74)49-26-33-85(34-27-49)71-80-59-23-20-47(57-41-83(2)70(95)66-55(57)25-32-76-66)39-56(59)67(82-71)75(44-89,100-50-21-22-50)48-13-5-4-6-14-48)78-31-11-12-46-19-24-63(98-3)62(38-46)86-35-28-64(90)87(73(86)97)45-77-68(93)60(40-65(91)92)79-69(94)61(42-88)81-72(96)99-43-58-53-17-9-7-15-51(53)52-16-8-10-18-54(52)58/h4-10,13-20,23-25,32,38-39,41,49-50,58,60-61,76,78,88-89H,21-22,26-31,33-37,40,42-45H2,1-3H3,(H,77,93)(H,79,94)(H,81,96)(H,91,92)/t60-,61-,75-/m0/s1. The maximum atomic E-state index is 14.2. The second-order valence-corrected chi connectivity index (χ2v) is 26.4. The number of H-pyrrole nitrogens is 1. The van der Waals surface area contributed by atoms with Gasteiger partial charge in [-0.15, -0.1) is 0 Å². The number of hydrogen-bond donors (Lipinski definition) is 8. The van der Waals surface area contributed by atoms with Crippen LogP contribution in [0, 0.1) is 11.8 Å². The van der Waals surface area contributed by atoms with Crippen LogP contribution >= 0.6 is 0 Å². The molecule has 518 valence electrons. The minimum atomic E-state index is -1.76. The molecule has 8 aromatic rings. The average molecular weight is 1360 g/mol. The number of methoxy groups -OCH3 is 1. The largest absolute Gasteiger partial charge is 0.495 e. The van der Waals surface area contributed by atoms with Gasteiger partial charge in [-0.05, 0) is 115 Å². The van der Waals surface area contributed by atoms with Gasteiger partial charge in [0.15, 0.2) is 5.60 Å². The van der Waals surface area contributed by atoms with Crippen molar-refractivity contribution in [2.45, 2.75) is 99.6 Å². The number of nitrogens with one attached hydrogen (secondary N) is 5. The highest BCUT2D eigenvalue weighted by Crippen LogP contribution is 2.46. The van der Waals surface area contributed by atoms with Crippen LogP contribution in [-0.4, -0.2) is 183 Å². The van der Waals surface area contributed by atoms with Crippen molar-refractivity contribution in [2.75, 3.05) is 82.7 Å². The van der Waals surface area contributed by atoms with E-state index in [0.29, 0.717) is 46.7 Å². The van der Waals surface area contributed by atoms with Crippen molar-refractivity contribution in [2.24, 2.45) is 7.05 Å². The van der Waals surface area contributed by atoms with Crippen LogP contribution in [0.4, 0.5) is 21.2 Å². The lowest BCUT2D eigenvalue weighted by Gasteiger charge is -2.45. The highest BCUT2D eigenvalue weighted by molar-refractivity contribution is 6.07. The first-order chi connectivity index (χ1) is 48.4. The second kappa shape index (κ2) is 29.1. The molecule has 3 aliphatic heterocycles. The van der Waals surface area contributed by atoms with E-state index >= 15 is 0 Å². The number of aliphatic hydroxyl groups is 2. The Balaban J connectivity index is 0.608. The Hall–Kier alpha value is -10.5. The van der Waals surface area contributed by atoms with Crippen molar-refractivity contribution in [1.82, 2.24) is 50.6 Å². The van der Waals surface area contributed by atoms with Crippen LogP contribution in [0.5, 0.6) is 5.75 Å². The number of nitrogens with zero attached hydrogens (tertiary/aromatic N) is 7. The first kappa shape index (κ1) is 68.1. The Morgan fingerprint density at radius 1 is 0.790 bits per heavy atom. The number of aliphatic hydroxyl groups excluding tert-OH is 2. The van der Waals surface area contributed by atoms with E-state index in [1.807, 2.05) is 103 Å². The zero-order chi connectivity index (χ0) is 69.8. The molecule has 8 N–H and O–H groups in total. The quantitative estimate of drug-likeness (QED) is 0.0319. The number of imide groups is 1. The number of alkyl carbamates (subject to hydrolysis) is 1. The molecule has 6 heterocycles. The fourth-order valence-electron chi connectivity index (χ4n) is 14.2. The van der Waals surface area contributed by atoms with Gasteiger partial charge in [0, 0.05) is 98.0 Å². The number of benzene rings is 5. The van der Waals surface area contributed by atoms with E-state index < -0.39 is 73.2 Å². The molecule has 25 heteroatoms. The number of hydrogen-bond acceptors (Lipinski definition) is 17. The number of carbonyl (C=O) groups excluding carboxylic acids is 5. The van der Waals surface area contributed by atoms with Crippen molar-refractivity contribution in [3.8, 4) is 39.8 Å². The molecule has 0 spiro atoms. The van der Waals surface area contributed by atoms with Crippen LogP contribution in [0.15, 0.2) is 139 Å². The second-order valence-electron chi connectivity index (χ2n) is 26.4. The minimum absolute atomic E-state index is 0.0270. The number of aliphatic carboxylic acids is 1. The van der Waals surface area contributed by atoms with Gasteiger partial charge in [-0.2, -0.15) is 0 Å². The fraction of sp³-hybridized carbons (Fsp3) is 0.373. The van der Waals surface area contributed by atoms with Crippen molar-refractivity contribution < 1.29 is 58.3 Å². The summed E-state index contributed by atoms with van der Waals surface area (Å²) >= 11 is 0. The summed E-state index contributed by atoms with van der Waals surface area (Å²) in [6.07, 6.45) is 6.87. The van der Waals surface area contributed by atoms with Crippen LogP contribution < -0.4 is 41.4 Å². The molecule has 25 nitrogen and oxygen atoms in total. The number of likely N-dealkylation sites (tertiary alicyclic amines) is 1. The molecule has 13 rings (SSSR count). The predicted octanol–water partition coefficient (Wildman–Crippen LogP) is 6.46. The molecule has 3 aromatic heterocycles. The summed E-state index contributed by atoms with van der Waals surface area (Å²) < 4.78 is 19.7. The Labute approximate surface area is 576 Å². The molecule has 0 unspecified atom stereocenters. The maximum absolute atomic E-state index is 14.2. The van der Waals surface area contributed by atoms with Gasteiger partial charge in [0.1, 0.15) is 36.6 Å². The van der Waals surface area contributed by atoms with E-state index in [2.05, 4.69) is 60.9 Å². The maximum Gasteiger partial charge on any atom is 0.407 e. The average Bonchev–Trinajstić information content (AvgIpc) is 1.48. The number of carbonyl (C=O) groups is 6. The normalized spacial score (nSPS) is 17.6. The zero-order valence-electron chi connectivity index (χ0n) is 55.9. The third-order valence-electron chi connectivity index (χ3n) is 20.0. The molecule has 3 atom stereocenters. The van der Waals surface area contributed by atoms with E-state index in [0.717, 1.165) is 125 Å². The monoisotopic (exact) mass is 1360 g/mol. The summed E-state index contributed by atoms with van der Waals surface area (Å²) in [4.78, 5) is 113. The molecule has 6 amide bonds. The number of fused-ring (bicyclic) bond motifs is 5. The lowest BCUT2D eigenvalue weighted by atomic mass is 9.87. The SMILES string of the molecule is COc1ccc(C#CCNC2(C)CCN(C3CCN(c4nc([C@@](CO)(OC5CC5)c5ccccc5)c5cc(-c6cn(C)c(=O)c7[nH]ccc67)ccc5n4)CC3)CC2)cc1N1CCC(=O)N(CNC(=O)[C@H](CC(=O)O)NC(=O)[C@H](CO)NC(=O)OCC2c3ccccc3-c3ccccc32)C1=O. The van der Waals surface area contributed by atoms with E-state index in [4.69, 9.17) is 24.2 Å². The predicted molar refractivity (Wildman–Crippen MR) is 373 cm³/mol. The Bertz CT molecular complexity index is 4520. The number of piperidine rings is 2. The van der Waals surface area contributed by atoms with E-state index in [-0.39, 0.29) is 49.3 Å². The molecule has 5 aliphatic rings. The number of rotatable bonds is 23. The van der Waals surface area contributed by atoms with Gasteiger partial charge < -0.3 is 70.1 Å². The molecular weight excluding hydrogens is 1280 g/mol. The highest BCUT2D eigenvalue weighted by Gasteiger charge is 2.45. The summed E-state index contributed by atoms with van der Waals surface area (Å²) in [7, 11) is 3.19. The number of aryl methyl sites for hydroxylation is 1. The number of amides is 6. The first-order valence-corrected chi connectivity index (χ1v) is 33.8. The number of aromatic nitrogens is 4. The van der Waals surface area contributed by atoms with Gasteiger partial charge >= 0.3 is 18.1 Å². The van der Waals surface area contributed by atoms with E-state index in [1.54, 1.807) is 36.0 Å². The lowest BCUT2D eigenvalue weighted by Crippen LogP contribution is -2.59. The van der Waals surface area contributed by atoms with Crippen LogP contribution in [0.25, 0.3) is 44.1 Å². The number of anilines is 2. The van der Waals surface area contributed by atoms with Crippen molar-refractivity contribution in [1.29, 1.82) is 0 Å². The molecule has 4 fully saturated rings. The number of ether oxygens (including phenoxy) is 3. The summed E-state index contributed by atoms with van der Waals surface area (Å²) in [5, 5.41) is 43.7. The Morgan fingerprint density at radius 2 is 1.51 bits per heavy atom. The summed E-state index contributed by atoms with van der Waals surface area (Å²) in [5.41, 5.74) is 7.61. The first-order valence-electron chi connectivity index (χ1n) is 33.8. The summed E-state index contributed by atoms with van der Waals surface area (Å²) in [5.74, 6) is 2.82. The Kier molecular flexibility index (Phi) is 19.8. The molecule has 100 heavy (non-hydrogen) atoms. The molecule has 3 saturated heterocycles. The van der Waals surface area contributed by atoms with Crippen molar-refractivity contribution in [3.63, 3.8) is 0 Å². The molecule has 5 aromatic carbocycles. The molecule has 0 radical (unpaired) electrons. The molecular formula is C75H80N12O13. The minimum Gasteiger partial charge on any atom is -0.495 e. The van der Waals surface area contributed by atoms with E-state index in [1.165, 1.54) is 12.0 Å². The van der Waals surface area contributed by atoms with Gasteiger partial charge in [0.05, 0.1) is 56.3 Å². The van der Waals surface area contributed by atoms with Gasteiger partial charge in [-0.3, -0.25) is 28.9 Å². The van der Waals surface area contributed by atoms with Crippen LogP contribution in [0.2, 0.25) is 0 Å². The van der Waals surface area contributed by atoms with Crippen molar-refractivity contribution in [3.05, 3.63) is 172 Å². The number of carboxylic acids is 1. The van der Waals surface area contributed by atoms with Crippen molar-refractivity contribution >= 4 is 69.3 Å². The van der Waals surface area contributed by atoms with Crippen LogP contribution in [0.3, 0.4) is 0 Å². The van der Waals surface area contributed by atoms with Crippen LogP contribution in [-0.2, 0) is 41.3 Å². The number of pyridine rings is 1. The third-order valence-corrected chi connectivity index (χ3v) is 20.0. The van der Waals surface area contributed by atoms with Gasteiger partial charge in [-0.25, -0.2) is 24.5 Å².